The van der Waals surface area contributed by atoms with Gasteiger partial charge in [0, 0.05) is 12.8 Å². The summed E-state index contributed by atoms with van der Waals surface area (Å²) in [5, 5.41) is 0. The summed E-state index contributed by atoms with van der Waals surface area (Å²) in [5.74, 6) is 1.14. The van der Waals surface area contributed by atoms with Gasteiger partial charge in [0.25, 0.3) is 0 Å². The van der Waals surface area contributed by atoms with Crippen molar-refractivity contribution in [1.82, 2.24) is 0 Å². The molecule has 0 aromatic heterocycles. The summed E-state index contributed by atoms with van der Waals surface area (Å²) in [6.07, 6.45) is 11.6. The largest absolute Gasteiger partial charge is 0.459 e. The van der Waals surface area contributed by atoms with Crippen molar-refractivity contribution >= 4 is 5.97 Å². The Morgan fingerprint density at radius 2 is 1.71 bits per heavy atom. The number of hydrogen-bond donors (Lipinski definition) is 0. The maximum atomic E-state index is 12.0. The van der Waals surface area contributed by atoms with Crippen LogP contribution in [0.4, 0.5) is 0 Å². The highest BCUT2D eigenvalue weighted by Crippen LogP contribution is 2.67. The molecular weight excluding hydrogens is 296 g/mol. The zero-order chi connectivity index (χ0) is 17.8. The molecule has 0 bridgehead atoms. The Bertz CT molecular complexity index is 536. The van der Waals surface area contributed by atoms with Crippen molar-refractivity contribution in [3.8, 4) is 0 Å². The van der Waals surface area contributed by atoms with Gasteiger partial charge in [0.2, 0.25) is 0 Å². The van der Waals surface area contributed by atoms with Crippen LogP contribution in [0.1, 0.15) is 86.0 Å². The monoisotopic (exact) mass is 332 g/mol. The van der Waals surface area contributed by atoms with Crippen LogP contribution >= 0.6 is 0 Å². The molecule has 2 nitrogen and oxygen atoms in total. The summed E-state index contributed by atoms with van der Waals surface area (Å²) < 4.78 is 6.18. The third kappa shape index (κ3) is 2.65. The molecule has 0 spiro atoms. The van der Waals surface area contributed by atoms with E-state index in [1.807, 2.05) is 0 Å². The molecule has 0 aliphatic heterocycles. The Morgan fingerprint density at radius 3 is 2.33 bits per heavy atom. The second-order valence-corrected chi connectivity index (χ2v) is 10.2. The van der Waals surface area contributed by atoms with E-state index in [0.717, 1.165) is 18.8 Å². The van der Waals surface area contributed by atoms with Gasteiger partial charge in [0.1, 0.15) is 5.60 Å². The Morgan fingerprint density at radius 1 is 1.04 bits per heavy atom. The van der Waals surface area contributed by atoms with Crippen LogP contribution in [0.2, 0.25) is 0 Å². The Labute approximate surface area is 148 Å². The molecule has 3 aliphatic rings. The van der Waals surface area contributed by atoms with Crippen molar-refractivity contribution in [2.75, 3.05) is 0 Å². The lowest BCUT2D eigenvalue weighted by Gasteiger charge is -2.65. The predicted octanol–water partition coefficient (Wildman–Crippen LogP) is 5.91. The van der Waals surface area contributed by atoms with Gasteiger partial charge in [0.15, 0.2) is 0 Å². The minimum absolute atomic E-state index is 0.0966. The van der Waals surface area contributed by atoms with Gasteiger partial charge in [-0.1, -0.05) is 40.2 Å². The number of fused-ring (bicyclic) bond motifs is 3. The highest BCUT2D eigenvalue weighted by Gasteiger charge is 2.63. The standard InChI is InChI=1S/C22H36O2/c1-7-20(5)13-9-18-21(6)12-8-11-19(3,4)17(21)10-14-22(18,15-20)24-16(2)23/h7,17-18H,1,8-15H2,2-6H3/t17-,18+,20-,21-,22+/m0/s1. The molecule has 0 heterocycles. The molecule has 0 amide bonds. The summed E-state index contributed by atoms with van der Waals surface area (Å²) in [5.41, 5.74) is 0.539. The molecule has 0 aromatic carbocycles. The smallest absolute Gasteiger partial charge is 0.303 e. The molecule has 2 heteroatoms. The maximum Gasteiger partial charge on any atom is 0.303 e. The van der Waals surface area contributed by atoms with Crippen LogP contribution in [0.3, 0.4) is 0 Å². The minimum atomic E-state index is -0.272. The molecule has 3 fully saturated rings. The molecule has 0 saturated heterocycles. The van der Waals surface area contributed by atoms with E-state index in [9.17, 15) is 4.79 Å². The lowest BCUT2D eigenvalue weighted by Crippen LogP contribution is -2.62. The second kappa shape index (κ2) is 5.61. The number of carbonyl (C=O) groups is 1. The van der Waals surface area contributed by atoms with E-state index in [4.69, 9.17) is 4.74 Å². The molecule has 3 rings (SSSR count). The lowest BCUT2D eigenvalue weighted by atomic mass is 9.42. The molecule has 0 N–H and O–H groups in total. The molecule has 3 aliphatic carbocycles. The molecule has 136 valence electrons. The minimum Gasteiger partial charge on any atom is -0.459 e. The van der Waals surface area contributed by atoms with Crippen LogP contribution in [-0.2, 0) is 9.53 Å². The number of ether oxygens (including phenoxy) is 1. The third-order valence-electron chi connectivity index (χ3n) is 8.11. The van der Waals surface area contributed by atoms with Crippen molar-refractivity contribution in [2.24, 2.45) is 28.1 Å². The average Bonchev–Trinajstić information content (AvgIpc) is 2.44. The van der Waals surface area contributed by atoms with E-state index in [-0.39, 0.29) is 17.0 Å². The van der Waals surface area contributed by atoms with Crippen LogP contribution in [0.25, 0.3) is 0 Å². The Hall–Kier alpha value is -0.790. The third-order valence-corrected chi connectivity index (χ3v) is 8.11. The fourth-order valence-electron chi connectivity index (χ4n) is 7.14. The van der Waals surface area contributed by atoms with Gasteiger partial charge in [0.05, 0.1) is 0 Å². The maximum absolute atomic E-state index is 12.0. The van der Waals surface area contributed by atoms with Gasteiger partial charge in [-0.05, 0) is 67.1 Å². The van der Waals surface area contributed by atoms with Crippen LogP contribution in [0, 0.1) is 28.1 Å². The van der Waals surface area contributed by atoms with Gasteiger partial charge in [-0.2, -0.15) is 0 Å². The van der Waals surface area contributed by atoms with Crippen LogP contribution in [0.5, 0.6) is 0 Å². The number of hydrogen-bond acceptors (Lipinski definition) is 2. The fraction of sp³-hybridized carbons (Fsp3) is 0.864. The summed E-state index contributed by atoms with van der Waals surface area (Å²) in [4.78, 5) is 12.0. The van der Waals surface area contributed by atoms with E-state index < -0.39 is 0 Å². The lowest BCUT2D eigenvalue weighted by molar-refractivity contribution is -0.223. The van der Waals surface area contributed by atoms with Crippen molar-refractivity contribution in [1.29, 1.82) is 0 Å². The average molecular weight is 333 g/mol. The number of carbonyl (C=O) groups excluding carboxylic acids is 1. The summed E-state index contributed by atoms with van der Waals surface area (Å²) >= 11 is 0. The number of rotatable bonds is 2. The van der Waals surface area contributed by atoms with Crippen molar-refractivity contribution < 1.29 is 9.53 Å². The summed E-state index contributed by atoms with van der Waals surface area (Å²) in [7, 11) is 0. The highest BCUT2D eigenvalue weighted by atomic mass is 16.6. The summed E-state index contributed by atoms with van der Waals surface area (Å²) in [6, 6.07) is 0. The summed E-state index contributed by atoms with van der Waals surface area (Å²) in [6.45, 7) is 15.4. The van der Waals surface area contributed by atoms with Crippen LogP contribution in [-0.4, -0.2) is 11.6 Å². The van der Waals surface area contributed by atoms with Crippen LogP contribution < -0.4 is 0 Å². The normalized spacial score (nSPS) is 47.2. The van der Waals surface area contributed by atoms with Crippen LogP contribution in [0.15, 0.2) is 12.7 Å². The Kier molecular flexibility index (Phi) is 4.21. The van der Waals surface area contributed by atoms with Crippen molar-refractivity contribution in [3.63, 3.8) is 0 Å². The molecule has 24 heavy (non-hydrogen) atoms. The SMILES string of the molecule is C=C[C@@]1(C)CC[C@H]2[C@@](OC(C)=O)(CC[C@H]3C(C)(C)CCC[C@@]32C)C1. The van der Waals surface area contributed by atoms with Gasteiger partial charge in [-0.3, -0.25) is 4.79 Å². The zero-order valence-electron chi connectivity index (χ0n) is 16.4. The topological polar surface area (TPSA) is 26.3 Å². The predicted molar refractivity (Wildman–Crippen MR) is 98.6 cm³/mol. The van der Waals surface area contributed by atoms with E-state index in [2.05, 4.69) is 40.3 Å². The van der Waals surface area contributed by atoms with Gasteiger partial charge in [-0.15, -0.1) is 6.58 Å². The number of allylic oxidation sites excluding steroid dienone is 1. The molecule has 3 saturated carbocycles. The molecule has 0 aromatic rings. The first-order valence-electron chi connectivity index (χ1n) is 9.90. The van der Waals surface area contributed by atoms with Crippen molar-refractivity contribution in [3.05, 3.63) is 12.7 Å². The highest BCUT2D eigenvalue weighted by molar-refractivity contribution is 5.66. The first kappa shape index (κ1) is 18.0. The number of esters is 1. The zero-order valence-corrected chi connectivity index (χ0v) is 16.4. The van der Waals surface area contributed by atoms with E-state index in [1.165, 1.54) is 38.5 Å². The Balaban J connectivity index is 2.02. The molecule has 5 atom stereocenters. The van der Waals surface area contributed by atoms with E-state index in [1.54, 1.807) is 6.92 Å². The molecular formula is C22H36O2. The fourth-order valence-corrected chi connectivity index (χ4v) is 7.14. The van der Waals surface area contributed by atoms with E-state index >= 15 is 0 Å². The van der Waals surface area contributed by atoms with Gasteiger partial charge in [-0.25, -0.2) is 0 Å². The van der Waals surface area contributed by atoms with Crippen molar-refractivity contribution in [2.45, 2.75) is 91.6 Å². The first-order chi connectivity index (χ1) is 11.1. The quantitative estimate of drug-likeness (QED) is 0.464. The van der Waals surface area contributed by atoms with E-state index in [0.29, 0.717) is 16.7 Å². The molecule has 0 unspecified atom stereocenters. The first-order valence-corrected chi connectivity index (χ1v) is 9.90. The molecule has 0 radical (unpaired) electrons. The van der Waals surface area contributed by atoms with Gasteiger partial charge < -0.3 is 4.74 Å². The van der Waals surface area contributed by atoms with Gasteiger partial charge >= 0.3 is 5.97 Å². The second-order valence-electron chi connectivity index (χ2n) is 10.2.